The molecule has 0 radical (unpaired) electrons. The van der Waals surface area contributed by atoms with E-state index >= 15 is 0 Å². The lowest BCUT2D eigenvalue weighted by atomic mass is 10.1. The van der Waals surface area contributed by atoms with Gasteiger partial charge in [-0.25, -0.2) is 0 Å². The van der Waals surface area contributed by atoms with Gasteiger partial charge in [-0.1, -0.05) is 51.2 Å². The largest absolute Gasteiger partial charge is 0.485 e. The van der Waals surface area contributed by atoms with Crippen LogP contribution in [0.3, 0.4) is 0 Å². The third-order valence-corrected chi connectivity index (χ3v) is 6.83. The Hall–Kier alpha value is -2.91. The molecular weight excluding hydrogens is 436 g/mol. The first kappa shape index (κ1) is 24.7. The lowest BCUT2D eigenvalue weighted by Gasteiger charge is -2.15. The highest BCUT2D eigenvalue weighted by Gasteiger charge is 2.18. The highest BCUT2D eigenvalue weighted by molar-refractivity contribution is 6.76. The highest BCUT2D eigenvalue weighted by Crippen LogP contribution is 2.32. The van der Waals surface area contributed by atoms with E-state index in [0.29, 0.717) is 48.1 Å². The van der Waals surface area contributed by atoms with Crippen LogP contribution >= 0.6 is 0 Å². The molecule has 0 amide bonds. The Bertz CT molecular complexity index is 1080. The van der Waals surface area contributed by atoms with Crippen LogP contribution in [0.2, 0.25) is 25.7 Å². The molecule has 1 aromatic carbocycles. The van der Waals surface area contributed by atoms with Gasteiger partial charge in [0.2, 0.25) is 0 Å². The van der Waals surface area contributed by atoms with Crippen molar-refractivity contribution in [3.05, 3.63) is 41.6 Å². The fraction of sp³-hybridized carbons (Fsp3) is 0.458. The summed E-state index contributed by atoms with van der Waals surface area (Å²) >= 11 is 0. The van der Waals surface area contributed by atoms with Gasteiger partial charge in [-0.05, 0) is 24.1 Å². The predicted molar refractivity (Wildman–Crippen MR) is 133 cm³/mol. The highest BCUT2D eigenvalue weighted by atomic mass is 28.3. The molecule has 0 bridgehead atoms. The van der Waals surface area contributed by atoms with Crippen molar-refractivity contribution in [2.45, 2.75) is 58.8 Å². The molecule has 0 atom stereocenters. The number of fused-ring (bicyclic) bond motifs is 1. The van der Waals surface area contributed by atoms with Gasteiger partial charge in [-0.15, -0.1) is 0 Å². The Labute approximate surface area is 196 Å². The number of nitrogen functional groups attached to an aromatic ring is 1. The maximum Gasteiger partial charge on any atom is 0.319 e. The first-order valence-corrected chi connectivity index (χ1v) is 15.0. The van der Waals surface area contributed by atoms with Crippen molar-refractivity contribution in [1.29, 1.82) is 0 Å². The molecule has 8 nitrogen and oxygen atoms in total. The number of nitrogens with zero attached hydrogens (tertiary/aromatic N) is 3. The predicted octanol–water partition coefficient (Wildman–Crippen LogP) is 4.90. The minimum Gasteiger partial charge on any atom is -0.485 e. The second-order valence-corrected chi connectivity index (χ2v) is 14.9. The number of unbranched alkanes of at least 4 members (excludes halogenated alkanes) is 1. The van der Waals surface area contributed by atoms with Crippen molar-refractivity contribution < 1.29 is 19.0 Å². The van der Waals surface area contributed by atoms with Gasteiger partial charge >= 0.3 is 6.01 Å². The zero-order chi connectivity index (χ0) is 23.8. The van der Waals surface area contributed by atoms with Crippen LogP contribution in [0.15, 0.2) is 30.5 Å². The quantitative estimate of drug-likeness (QED) is 0.215. The summed E-state index contributed by atoms with van der Waals surface area (Å²) < 4.78 is 19.6. The monoisotopic (exact) mass is 470 g/mol. The van der Waals surface area contributed by atoms with Gasteiger partial charge in [0, 0.05) is 20.2 Å². The van der Waals surface area contributed by atoms with Gasteiger partial charge in [0.15, 0.2) is 11.6 Å². The average Bonchev–Trinajstić information content (AvgIpc) is 3.13. The number of rotatable bonds is 13. The summed E-state index contributed by atoms with van der Waals surface area (Å²) in [4.78, 5) is 20.0. The zero-order valence-electron chi connectivity index (χ0n) is 20.0. The normalized spacial score (nSPS) is 11.6. The van der Waals surface area contributed by atoms with Crippen LogP contribution in [-0.4, -0.2) is 42.1 Å². The van der Waals surface area contributed by atoms with E-state index in [1.807, 2.05) is 22.9 Å². The maximum absolute atomic E-state index is 11.1. The minimum absolute atomic E-state index is 0.235. The minimum atomic E-state index is -1.19. The number of anilines is 1. The van der Waals surface area contributed by atoms with E-state index in [1.54, 1.807) is 12.1 Å². The fourth-order valence-electron chi connectivity index (χ4n) is 3.21. The van der Waals surface area contributed by atoms with Crippen molar-refractivity contribution in [2.75, 3.05) is 18.9 Å². The first-order valence-electron chi connectivity index (χ1n) is 11.3. The molecule has 0 saturated carbocycles. The van der Waals surface area contributed by atoms with Gasteiger partial charge in [0.05, 0.1) is 12.8 Å². The molecule has 0 unspecified atom stereocenters. The molecule has 3 aromatic rings. The van der Waals surface area contributed by atoms with Crippen molar-refractivity contribution in [3.63, 3.8) is 0 Å². The molecule has 178 valence electrons. The number of carbonyl (C=O) groups is 1. The summed E-state index contributed by atoms with van der Waals surface area (Å²) in [6.45, 7) is 10.9. The molecule has 9 heteroatoms. The molecule has 2 heterocycles. The zero-order valence-corrected chi connectivity index (χ0v) is 21.0. The van der Waals surface area contributed by atoms with Crippen molar-refractivity contribution in [3.8, 4) is 11.8 Å². The number of benzene rings is 1. The topological polar surface area (TPSA) is 101 Å². The lowest BCUT2D eigenvalue weighted by Crippen LogP contribution is -2.22. The van der Waals surface area contributed by atoms with Crippen LogP contribution in [-0.2, 0) is 18.1 Å². The second kappa shape index (κ2) is 11.3. The van der Waals surface area contributed by atoms with E-state index in [0.717, 1.165) is 30.7 Å². The Balaban J connectivity index is 1.85. The molecule has 33 heavy (non-hydrogen) atoms. The fourth-order valence-corrected chi connectivity index (χ4v) is 3.97. The van der Waals surface area contributed by atoms with Gasteiger partial charge in [-0.3, -0.25) is 4.79 Å². The van der Waals surface area contributed by atoms with E-state index in [-0.39, 0.29) is 12.6 Å². The second-order valence-electron chi connectivity index (χ2n) is 9.25. The maximum atomic E-state index is 11.1. The molecule has 0 spiro atoms. The van der Waals surface area contributed by atoms with Gasteiger partial charge < -0.3 is 24.5 Å². The SMILES string of the molecule is CCCCOc1nc(N)c2c(n1)c(OCc1cccc(C=O)c1)cn2COCC[Si](C)(C)C. The molecule has 2 N–H and O–H groups in total. The number of hydrogen-bond donors (Lipinski definition) is 1. The van der Waals surface area contributed by atoms with Crippen LogP contribution in [0.25, 0.3) is 11.0 Å². The third kappa shape index (κ3) is 7.03. The molecule has 0 aliphatic carbocycles. The summed E-state index contributed by atoms with van der Waals surface area (Å²) in [5.74, 6) is 0.878. The van der Waals surface area contributed by atoms with Gasteiger partial charge in [0.25, 0.3) is 0 Å². The molecule has 3 rings (SSSR count). The smallest absolute Gasteiger partial charge is 0.319 e. The van der Waals surface area contributed by atoms with Gasteiger partial charge in [0.1, 0.15) is 30.7 Å². The van der Waals surface area contributed by atoms with E-state index in [9.17, 15) is 4.79 Å². The summed E-state index contributed by atoms with van der Waals surface area (Å²) in [5, 5.41) is 0. The lowest BCUT2D eigenvalue weighted by molar-refractivity contribution is 0.0898. The van der Waals surface area contributed by atoms with Crippen LogP contribution in [0.5, 0.6) is 11.8 Å². The van der Waals surface area contributed by atoms with Crippen LogP contribution in [0.1, 0.15) is 35.7 Å². The van der Waals surface area contributed by atoms with Crippen LogP contribution in [0, 0.1) is 0 Å². The van der Waals surface area contributed by atoms with E-state index in [1.165, 1.54) is 0 Å². The number of carbonyl (C=O) groups excluding carboxylic acids is 1. The summed E-state index contributed by atoms with van der Waals surface area (Å²) in [7, 11) is -1.19. The summed E-state index contributed by atoms with van der Waals surface area (Å²) in [5.41, 5.74) is 9.02. The first-order chi connectivity index (χ1) is 15.8. The van der Waals surface area contributed by atoms with E-state index < -0.39 is 8.07 Å². The standard InChI is InChI=1S/C24H34N4O4Si/c1-5-6-10-31-24-26-21-20(32-16-19-9-7-8-18(13-19)15-29)14-28(22(21)23(25)27-24)17-30-11-12-33(2,3)4/h7-9,13-15H,5-6,10-12,16-17H2,1-4H3,(H2,25,26,27). The van der Waals surface area contributed by atoms with Crippen molar-refractivity contribution in [1.82, 2.24) is 14.5 Å². The molecule has 2 aromatic heterocycles. The Morgan fingerprint density at radius 3 is 2.70 bits per heavy atom. The number of ether oxygens (including phenoxy) is 3. The Kier molecular flexibility index (Phi) is 8.46. The van der Waals surface area contributed by atoms with Crippen LogP contribution < -0.4 is 15.2 Å². The van der Waals surface area contributed by atoms with E-state index in [2.05, 4.69) is 36.5 Å². The molecule has 0 saturated heterocycles. The number of hydrogen-bond acceptors (Lipinski definition) is 7. The molecule has 0 fully saturated rings. The van der Waals surface area contributed by atoms with Crippen molar-refractivity contribution >= 4 is 31.2 Å². The van der Waals surface area contributed by atoms with Gasteiger partial charge in [-0.2, -0.15) is 9.97 Å². The number of nitrogens with two attached hydrogens (primary N) is 1. The summed E-state index contributed by atoms with van der Waals surface area (Å²) in [6, 6.07) is 8.61. The molecule has 0 aliphatic rings. The van der Waals surface area contributed by atoms with E-state index in [4.69, 9.17) is 19.9 Å². The Morgan fingerprint density at radius 2 is 1.97 bits per heavy atom. The molecule has 0 aliphatic heterocycles. The Morgan fingerprint density at radius 1 is 1.15 bits per heavy atom. The molecular formula is C24H34N4O4Si. The van der Waals surface area contributed by atoms with Crippen molar-refractivity contribution in [2.24, 2.45) is 0 Å². The van der Waals surface area contributed by atoms with Crippen LogP contribution in [0.4, 0.5) is 5.82 Å². The summed E-state index contributed by atoms with van der Waals surface area (Å²) in [6.07, 6.45) is 4.57. The number of aldehydes is 1. The average molecular weight is 471 g/mol. The third-order valence-electron chi connectivity index (χ3n) is 5.12. The number of aromatic nitrogens is 3.